The maximum absolute atomic E-state index is 12.4. The van der Waals surface area contributed by atoms with Crippen LogP contribution >= 0.6 is 0 Å². The first-order valence-corrected chi connectivity index (χ1v) is 8.45. The van der Waals surface area contributed by atoms with Crippen LogP contribution in [-0.2, 0) is 0 Å². The minimum absolute atomic E-state index is 0.0209. The lowest BCUT2D eigenvalue weighted by Gasteiger charge is -2.41. The minimum Gasteiger partial charge on any atom is -0.349 e. The lowest BCUT2D eigenvalue weighted by molar-refractivity contribution is 0.0794. The lowest BCUT2D eigenvalue weighted by Crippen LogP contribution is -2.53. The summed E-state index contributed by atoms with van der Waals surface area (Å²) in [6.07, 6.45) is 3.83. The molecule has 2 heterocycles. The van der Waals surface area contributed by atoms with Crippen molar-refractivity contribution in [2.75, 3.05) is 19.6 Å². The van der Waals surface area contributed by atoms with Crippen molar-refractivity contribution in [3.63, 3.8) is 0 Å². The first kappa shape index (κ1) is 15.9. The van der Waals surface area contributed by atoms with Gasteiger partial charge < -0.3 is 5.32 Å². The number of hydrogen-bond acceptors (Lipinski definition) is 3. The second-order valence-corrected chi connectivity index (χ2v) is 6.93. The maximum atomic E-state index is 12.4. The second-order valence-electron chi connectivity index (χ2n) is 6.93. The van der Waals surface area contributed by atoms with E-state index in [0.29, 0.717) is 12.2 Å². The van der Waals surface area contributed by atoms with Crippen LogP contribution in [0.1, 0.15) is 43.6 Å². The molecule has 1 amide bonds. The Bertz CT molecular complexity index is 690. The number of hydrogen-bond donors (Lipinski definition) is 1. The van der Waals surface area contributed by atoms with Gasteiger partial charge in [0.2, 0.25) is 0 Å². The topological polar surface area (TPSA) is 45.2 Å². The van der Waals surface area contributed by atoms with E-state index in [4.69, 9.17) is 0 Å². The number of pyridine rings is 1. The molecule has 1 aliphatic rings. The van der Waals surface area contributed by atoms with Gasteiger partial charge >= 0.3 is 0 Å². The highest BCUT2D eigenvalue weighted by atomic mass is 16.1. The molecule has 1 fully saturated rings. The Morgan fingerprint density at radius 2 is 1.87 bits per heavy atom. The molecule has 23 heavy (non-hydrogen) atoms. The third-order valence-corrected chi connectivity index (χ3v) is 4.72. The van der Waals surface area contributed by atoms with E-state index in [1.807, 2.05) is 30.3 Å². The molecule has 0 spiro atoms. The van der Waals surface area contributed by atoms with Crippen molar-refractivity contribution in [2.24, 2.45) is 0 Å². The summed E-state index contributed by atoms with van der Waals surface area (Å²) in [4.78, 5) is 19.4. The second kappa shape index (κ2) is 6.67. The first-order chi connectivity index (χ1) is 11.1. The summed E-state index contributed by atoms with van der Waals surface area (Å²) in [5.41, 5.74) is 1.32. The number of likely N-dealkylation sites (tertiary alicyclic amines) is 1. The predicted molar refractivity (Wildman–Crippen MR) is 93.6 cm³/mol. The molecule has 0 unspecified atom stereocenters. The summed E-state index contributed by atoms with van der Waals surface area (Å²) >= 11 is 0. The fourth-order valence-electron chi connectivity index (χ4n) is 3.19. The van der Waals surface area contributed by atoms with Crippen LogP contribution in [0, 0.1) is 0 Å². The fourth-order valence-corrected chi connectivity index (χ4v) is 3.19. The quantitative estimate of drug-likeness (QED) is 0.943. The monoisotopic (exact) mass is 311 g/mol. The average molecular weight is 311 g/mol. The molecule has 1 aromatic heterocycles. The van der Waals surface area contributed by atoms with E-state index >= 15 is 0 Å². The molecule has 4 nitrogen and oxygen atoms in total. The summed E-state index contributed by atoms with van der Waals surface area (Å²) in [5.74, 6) is -0.0964. The van der Waals surface area contributed by atoms with Crippen molar-refractivity contribution < 1.29 is 4.79 Å². The van der Waals surface area contributed by atoms with E-state index in [0.717, 1.165) is 24.0 Å². The average Bonchev–Trinajstić information content (AvgIpc) is 2.60. The molecule has 0 bridgehead atoms. The Labute approximate surface area is 137 Å². The number of nitrogens with zero attached hydrogens (tertiary/aromatic N) is 2. The third kappa shape index (κ3) is 3.70. The molecule has 4 heteroatoms. The number of aromatic nitrogens is 1. The van der Waals surface area contributed by atoms with Crippen LogP contribution in [0.5, 0.6) is 0 Å². The molecule has 3 rings (SSSR count). The number of nitrogens with one attached hydrogen (secondary N) is 1. The molecule has 0 radical (unpaired) electrons. The summed E-state index contributed by atoms with van der Waals surface area (Å²) in [6, 6.07) is 11.6. The zero-order chi connectivity index (χ0) is 16.3. The van der Waals surface area contributed by atoms with Gasteiger partial charge in [0.15, 0.2) is 0 Å². The van der Waals surface area contributed by atoms with Crippen molar-refractivity contribution in [3.8, 4) is 0 Å². The van der Waals surface area contributed by atoms with E-state index in [9.17, 15) is 4.79 Å². The van der Waals surface area contributed by atoms with Crippen LogP contribution < -0.4 is 5.32 Å². The van der Waals surface area contributed by atoms with Gasteiger partial charge in [0.25, 0.3) is 5.91 Å². The molecule has 0 aliphatic carbocycles. The molecule has 1 aromatic carbocycles. The molecule has 122 valence electrons. The van der Waals surface area contributed by atoms with Crippen molar-refractivity contribution in [2.45, 2.75) is 38.6 Å². The van der Waals surface area contributed by atoms with Crippen LogP contribution in [0.25, 0.3) is 10.9 Å². The lowest BCUT2D eigenvalue weighted by atomic mass is 9.98. The number of para-hydroxylation sites is 1. The van der Waals surface area contributed by atoms with Crippen LogP contribution in [0.2, 0.25) is 0 Å². The highest BCUT2D eigenvalue weighted by Gasteiger charge is 2.28. The summed E-state index contributed by atoms with van der Waals surface area (Å²) in [6.45, 7) is 7.29. The fraction of sp³-hybridized carbons (Fsp3) is 0.474. The van der Waals surface area contributed by atoms with Crippen molar-refractivity contribution >= 4 is 16.8 Å². The molecular formula is C19H25N3O. The highest BCUT2D eigenvalue weighted by Crippen LogP contribution is 2.20. The smallest absolute Gasteiger partial charge is 0.269 e. The minimum atomic E-state index is -0.0964. The van der Waals surface area contributed by atoms with E-state index in [1.165, 1.54) is 19.3 Å². The van der Waals surface area contributed by atoms with Gasteiger partial charge in [-0.2, -0.15) is 0 Å². The molecule has 0 atom stereocenters. The third-order valence-electron chi connectivity index (χ3n) is 4.72. The van der Waals surface area contributed by atoms with Gasteiger partial charge in [0, 0.05) is 17.5 Å². The summed E-state index contributed by atoms with van der Waals surface area (Å²) in [5, 5.41) is 4.11. The molecule has 0 saturated carbocycles. The van der Waals surface area contributed by atoms with Gasteiger partial charge in [-0.3, -0.25) is 9.69 Å². The molecule has 1 aliphatic heterocycles. The van der Waals surface area contributed by atoms with Crippen molar-refractivity contribution in [1.82, 2.24) is 15.2 Å². The number of rotatable bonds is 4. The van der Waals surface area contributed by atoms with Gasteiger partial charge in [-0.1, -0.05) is 30.7 Å². The van der Waals surface area contributed by atoms with Crippen LogP contribution in [0.4, 0.5) is 0 Å². The zero-order valence-corrected chi connectivity index (χ0v) is 14.0. The van der Waals surface area contributed by atoms with E-state index in [1.54, 1.807) is 6.07 Å². The van der Waals surface area contributed by atoms with Gasteiger partial charge in [-0.25, -0.2) is 4.98 Å². The SMILES string of the molecule is CC(C)(CNC(=O)c1ccc2ccccc2n1)N1CCCCC1. The first-order valence-electron chi connectivity index (χ1n) is 8.45. The number of fused-ring (bicyclic) bond motifs is 1. The Morgan fingerprint density at radius 3 is 2.65 bits per heavy atom. The zero-order valence-electron chi connectivity index (χ0n) is 14.0. The normalized spacial score (nSPS) is 16.4. The Morgan fingerprint density at radius 1 is 1.13 bits per heavy atom. The van der Waals surface area contributed by atoms with E-state index < -0.39 is 0 Å². The molecule has 1 saturated heterocycles. The Hall–Kier alpha value is -1.94. The Balaban J connectivity index is 1.65. The molecular weight excluding hydrogens is 286 g/mol. The van der Waals surface area contributed by atoms with Gasteiger partial charge in [-0.05, 0) is 51.9 Å². The van der Waals surface area contributed by atoms with E-state index in [2.05, 4.69) is 29.0 Å². The number of amides is 1. The van der Waals surface area contributed by atoms with E-state index in [-0.39, 0.29) is 11.4 Å². The molecule has 1 N–H and O–H groups in total. The van der Waals surface area contributed by atoms with Crippen molar-refractivity contribution in [1.29, 1.82) is 0 Å². The number of carbonyl (C=O) groups is 1. The van der Waals surface area contributed by atoms with Gasteiger partial charge in [-0.15, -0.1) is 0 Å². The highest BCUT2D eigenvalue weighted by molar-refractivity contribution is 5.94. The summed E-state index contributed by atoms with van der Waals surface area (Å²) < 4.78 is 0. The largest absolute Gasteiger partial charge is 0.349 e. The summed E-state index contributed by atoms with van der Waals surface area (Å²) in [7, 11) is 0. The van der Waals surface area contributed by atoms with Crippen LogP contribution in [0.3, 0.4) is 0 Å². The maximum Gasteiger partial charge on any atom is 0.269 e. The number of piperidine rings is 1. The van der Waals surface area contributed by atoms with Crippen molar-refractivity contribution in [3.05, 3.63) is 42.1 Å². The standard InChI is InChI=1S/C19H25N3O/c1-19(2,22-12-6-3-7-13-22)14-20-18(23)17-11-10-15-8-4-5-9-16(15)21-17/h4-5,8-11H,3,6-7,12-14H2,1-2H3,(H,20,23). The van der Waals surface area contributed by atoms with Gasteiger partial charge in [0.1, 0.15) is 5.69 Å². The van der Waals surface area contributed by atoms with Crippen LogP contribution in [0.15, 0.2) is 36.4 Å². The number of benzene rings is 1. The number of carbonyl (C=O) groups excluding carboxylic acids is 1. The predicted octanol–water partition coefficient (Wildman–Crippen LogP) is 3.23. The van der Waals surface area contributed by atoms with Crippen LogP contribution in [-0.4, -0.2) is 41.0 Å². The molecule has 2 aromatic rings. The Kier molecular flexibility index (Phi) is 4.62. The van der Waals surface area contributed by atoms with Gasteiger partial charge in [0.05, 0.1) is 5.52 Å².